The number of nitrogens with zero attached hydrogens (tertiary/aromatic N) is 3. The molecular formula is C24H35N3O2. The number of carbonyl (C=O) groups excluding carboxylic acids is 2. The highest BCUT2D eigenvalue weighted by Gasteiger charge is 2.64. The van der Waals surface area contributed by atoms with Crippen molar-refractivity contribution in [3.05, 3.63) is 35.9 Å². The maximum Gasteiger partial charge on any atom is 0.229 e. The first kappa shape index (κ1) is 20.4. The number of hydrogen-bond acceptors (Lipinski definition) is 3. The molecule has 3 aliphatic rings. The highest BCUT2D eigenvalue weighted by atomic mass is 16.2. The maximum absolute atomic E-state index is 13.2. The van der Waals surface area contributed by atoms with E-state index in [2.05, 4.69) is 16.7 Å². The molecule has 2 saturated heterocycles. The Balaban J connectivity index is 1.46. The van der Waals surface area contributed by atoms with Crippen LogP contribution in [0.2, 0.25) is 0 Å². The number of fused-ring (bicyclic) bond motifs is 2. The molecule has 1 aliphatic carbocycles. The van der Waals surface area contributed by atoms with Crippen molar-refractivity contribution >= 4 is 11.8 Å². The fourth-order valence-corrected chi connectivity index (χ4v) is 6.38. The minimum atomic E-state index is -0.213. The van der Waals surface area contributed by atoms with Crippen LogP contribution in [0.25, 0.3) is 0 Å². The van der Waals surface area contributed by atoms with E-state index >= 15 is 0 Å². The average molecular weight is 398 g/mol. The Bertz CT molecular complexity index is 755. The first-order valence-electron chi connectivity index (χ1n) is 11.2. The van der Waals surface area contributed by atoms with Gasteiger partial charge >= 0.3 is 0 Å². The summed E-state index contributed by atoms with van der Waals surface area (Å²) in [6, 6.07) is 10.0. The van der Waals surface area contributed by atoms with Crippen molar-refractivity contribution in [3.63, 3.8) is 0 Å². The van der Waals surface area contributed by atoms with Gasteiger partial charge in [0.15, 0.2) is 0 Å². The molecule has 2 aliphatic heterocycles. The van der Waals surface area contributed by atoms with E-state index in [1.54, 1.807) is 0 Å². The Morgan fingerprint density at radius 1 is 1.07 bits per heavy atom. The lowest BCUT2D eigenvalue weighted by molar-refractivity contribution is -0.142. The summed E-state index contributed by atoms with van der Waals surface area (Å²) in [5.74, 6) is 0.982. The number of carbonyl (C=O) groups is 2. The van der Waals surface area contributed by atoms with Gasteiger partial charge in [0.25, 0.3) is 0 Å². The molecule has 1 aromatic rings. The largest absolute Gasteiger partial charge is 0.348 e. The molecular weight excluding hydrogens is 362 g/mol. The summed E-state index contributed by atoms with van der Waals surface area (Å²) in [7, 11) is 3.80. The first-order chi connectivity index (χ1) is 13.9. The fourth-order valence-electron chi connectivity index (χ4n) is 6.38. The van der Waals surface area contributed by atoms with Gasteiger partial charge in [0.1, 0.15) is 0 Å². The fraction of sp³-hybridized carbons (Fsp3) is 0.667. The van der Waals surface area contributed by atoms with Crippen LogP contribution in [-0.2, 0) is 16.0 Å². The van der Waals surface area contributed by atoms with Gasteiger partial charge in [0.2, 0.25) is 11.8 Å². The lowest BCUT2D eigenvalue weighted by atomic mass is 9.65. The van der Waals surface area contributed by atoms with Gasteiger partial charge in [-0.15, -0.1) is 0 Å². The first-order valence-corrected chi connectivity index (χ1v) is 11.2. The molecule has 0 N–H and O–H groups in total. The van der Waals surface area contributed by atoms with Crippen molar-refractivity contribution in [2.75, 3.05) is 46.8 Å². The minimum absolute atomic E-state index is 0.213. The number of hydrogen-bond donors (Lipinski definition) is 0. The zero-order chi connectivity index (χ0) is 20.6. The molecule has 1 aromatic carbocycles. The molecule has 158 valence electrons. The normalized spacial score (nSPS) is 28.5. The standard InChI is InChI=1S/C24H35N3O2/c1-4-26-17-20-23(10-11-24(20,18-26)22(29)25(2)3)12-14-27(15-13-23)21(28)16-19-8-6-5-7-9-19/h5-9,20H,4,10-18H2,1-3H3/t20-,24+/m0/s1. The third-order valence-corrected chi connectivity index (χ3v) is 8.01. The second-order valence-electron chi connectivity index (χ2n) is 9.64. The van der Waals surface area contributed by atoms with E-state index in [9.17, 15) is 9.59 Å². The summed E-state index contributed by atoms with van der Waals surface area (Å²) >= 11 is 0. The number of amides is 2. The third kappa shape index (κ3) is 3.48. The topological polar surface area (TPSA) is 43.9 Å². The van der Waals surface area contributed by atoms with Gasteiger partial charge in [-0.05, 0) is 49.1 Å². The van der Waals surface area contributed by atoms with E-state index in [4.69, 9.17) is 0 Å². The third-order valence-electron chi connectivity index (χ3n) is 8.01. The summed E-state index contributed by atoms with van der Waals surface area (Å²) in [5, 5.41) is 0. The van der Waals surface area contributed by atoms with Crippen molar-refractivity contribution < 1.29 is 9.59 Å². The monoisotopic (exact) mass is 397 g/mol. The second kappa shape index (κ2) is 7.75. The van der Waals surface area contributed by atoms with Crippen LogP contribution in [0.5, 0.6) is 0 Å². The number of piperidine rings is 1. The Morgan fingerprint density at radius 2 is 1.76 bits per heavy atom. The summed E-state index contributed by atoms with van der Waals surface area (Å²) in [6.45, 7) is 6.82. The highest BCUT2D eigenvalue weighted by molar-refractivity contribution is 5.84. The van der Waals surface area contributed by atoms with Crippen LogP contribution in [0.15, 0.2) is 30.3 Å². The van der Waals surface area contributed by atoms with Gasteiger partial charge in [0.05, 0.1) is 11.8 Å². The molecule has 5 nitrogen and oxygen atoms in total. The molecule has 3 fully saturated rings. The van der Waals surface area contributed by atoms with Gasteiger partial charge in [-0.1, -0.05) is 37.3 Å². The molecule has 0 radical (unpaired) electrons. The molecule has 2 atom stereocenters. The smallest absolute Gasteiger partial charge is 0.229 e. The Hall–Kier alpha value is -1.88. The van der Waals surface area contributed by atoms with Gasteiger partial charge in [-0.2, -0.15) is 0 Å². The van der Waals surface area contributed by atoms with Crippen LogP contribution < -0.4 is 0 Å². The van der Waals surface area contributed by atoms with Crippen molar-refractivity contribution in [2.45, 2.75) is 39.0 Å². The maximum atomic E-state index is 13.2. The SMILES string of the molecule is CCN1C[C@H]2C3(CCN(C(=O)Cc4ccccc4)CC3)CC[C@@]2(C(=O)N(C)C)C1. The average Bonchev–Trinajstić information content (AvgIpc) is 3.25. The zero-order valence-corrected chi connectivity index (χ0v) is 18.2. The van der Waals surface area contributed by atoms with Crippen LogP contribution in [0, 0.1) is 16.7 Å². The van der Waals surface area contributed by atoms with E-state index in [1.165, 1.54) is 0 Å². The van der Waals surface area contributed by atoms with Crippen LogP contribution in [0.4, 0.5) is 0 Å². The van der Waals surface area contributed by atoms with Gasteiger partial charge in [-0.3, -0.25) is 9.59 Å². The molecule has 4 rings (SSSR count). The predicted molar refractivity (Wildman–Crippen MR) is 114 cm³/mol. The molecule has 0 aromatic heterocycles. The summed E-state index contributed by atoms with van der Waals surface area (Å²) in [6.07, 6.45) is 4.71. The molecule has 0 bridgehead atoms. The second-order valence-corrected chi connectivity index (χ2v) is 9.64. The lowest BCUT2D eigenvalue weighted by Crippen LogP contribution is -2.49. The predicted octanol–water partition coefficient (Wildman–Crippen LogP) is 2.66. The highest BCUT2D eigenvalue weighted by Crippen LogP contribution is 2.62. The van der Waals surface area contributed by atoms with Crippen molar-refractivity contribution in [1.82, 2.24) is 14.7 Å². The lowest BCUT2D eigenvalue weighted by Gasteiger charge is -2.44. The quantitative estimate of drug-likeness (QED) is 0.785. The van der Waals surface area contributed by atoms with Crippen LogP contribution in [0.1, 0.15) is 38.2 Å². The van der Waals surface area contributed by atoms with Crippen LogP contribution >= 0.6 is 0 Å². The van der Waals surface area contributed by atoms with E-state index in [-0.39, 0.29) is 16.7 Å². The minimum Gasteiger partial charge on any atom is -0.348 e. The molecule has 29 heavy (non-hydrogen) atoms. The molecule has 2 heterocycles. The number of likely N-dealkylation sites (tertiary alicyclic amines) is 2. The van der Waals surface area contributed by atoms with Crippen molar-refractivity contribution in [1.29, 1.82) is 0 Å². The molecule has 2 amide bonds. The zero-order valence-electron chi connectivity index (χ0n) is 18.2. The van der Waals surface area contributed by atoms with Crippen molar-refractivity contribution in [3.8, 4) is 0 Å². The Morgan fingerprint density at radius 3 is 2.38 bits per heavy atom. The Kier molecular flexibility index (Phi) is 5.45. The van der Waals surface area contributed by atoms with E-state index in [0.717, 1.165) is 64.0 Å². The van der Waals surface area contributed by atoms with Crippen LogP contribution in [0.3, 0.4) is 0 Å². The van der Waals surface area contributed by atoms with Crippen molar-refractivity contribution in [2.24, 2.45) is 16.7 Å². The van der Waals surface area contributed by atoms with Crippen LogP contribution in [-0.4, -0.2) is 73.3 Å². The summed E-state index contributed by atoms with van der Waals surface area (Å²) < 4.78 is 0. The van der Waals surface area contributed by atoms with E-state index in [1.807, 2.05) is 49.3 Å². The van der Waals surface area contributed by atoms with E-state index in [0.29, 0.717) is 18.2 Å². The van der Waals surface area contributed by atoms with E-state index < -0.39 is 0 Å². The molecule has 0 unspecified atom stereocenters. The molecule has 1 spiro atoms. The van der Waals surface area contributed by atoms with Gasteiger partial charge in [-0.25, -0.2) is 0 Å². The number of rotatable bonds is 4. The molecule has 5 heteroatoms. The molecule has 1 saturated carbocycles. The summed E-state index contributed by atoms with van der Waals surface area (Å²) in [5.41, 5.74) is 1.10. The Labute approximate surface area is 175 Å². The summed E-state index contributed by atoms with van der Waals surface area (Å²) in [4.78, 5) is 32.4. The van der Waals surface area contributed by atoms with Gasteiger partial charge in [0, 0.05) is 40.3 Å². The number of benzene rings is 1. The van der Waals surface area contributed by atoms with Gasteiger partial charge < -0.3 is 14.7 Å².